The molecule has 1 nitrogen and oxygen atoms in total. The maximum atomic E-state index is 9.04. The number of unbranched alkanes of at least 4 members (excludes halogenated alkanes) is 3. The standard InChI is InChI=1S/C25H25N/c1-2-3-4-6-9-20-14-17-24(23-15-12-21(19-26)13-16-23)25(18-20)22-10-7-5-8-11-22/h5,7-8,10-18H,2-4,6,9H2,1H3. The molecule has 0 aliphatic carbocycles. The first-order chi connectivity index (χ1) is 12.8. The van der Waals surface area contributed by atoms with Gasteiger partial charge in [0.2, 0.25) is 0 Å². The minimum atomic E-state index is 0.697. The van der Waals surface area contributed by atoms with Crippen LogP contribution in [0, 0.1) is 11.3 Å². The fourth-order valence-electron chi connectivity index (χ4n) is 3.34. The molecule has 3 aromatic carbocycles. The average molecular weight is 339 g/mol. The molecule has 0 aliphatic rings. The van der Waals surface area contributed by atoms with Gasteiger partial charge in [-0.2, -0.15) is 5.26 Å². The zero-order chi connectivity index (χ0) is 18.2. The highest BCUT2D eigenvalue weighted by molar-refractivity contribution is 5.84. The Labute approximate surface area is 156 Å². The van der Waals surface area contributed by atoms with Crippen molar-refractivity contribution in [1.82, 2.24) is 0 Å². The van der Waals surface area contributed by atoms with Crippen LogP contribution in [-0.4, -0.2) is 0 Å². The SMILES string of the molecule is CCCCCCc1ccc(-c2ccc(C#N)cc2)c(-c2ccccc2)c1. The van der Waals surface area contributed by atoms with E-state index in [2.05, 4.69) is 61.5 Å². The number of nitriles is 1. The van der Waals surface area contributed by atoms with Gasteiger partial charge in [0.1, 0.15) is 0 Å². The summed E-state index contributed by atoms with van der Waals surface area (Å²) < 4.78 is 0. The van der Waals surface area contributed by atoms with Crippen LogP contribution in [0.4, 0.5) is 0 Å². The molecule has 0 spiro atoms. The average Bonchev–Trinajstić information content (AvgIpc) is 2.72. The predicted molar refractivity (Wildman–Crippen MR) is 110 cm³/mol. The van der Waals surface area contributed by atoms with E-state index >= 15 is 0 Å². The Kier molecular flexibility index (Phi) is 6.23. The number of hydrogen-bond donors (Lipinski definition) is 0. The van der Waals surface area contributed by atoms with Crippen LogP contribution in [0.25, 0.3) is 22.3 Å². The first kappa shape index (κ1) is 18.0. The van der Waals surface area contributed by atoms with E-state index in [0.717, 1.165) is 12.0 Å². The van der Waals surface area contributed by atoms with Crippen LogP contribution in [0.3, 0.4) is 0 Å². The third-order valence-electron chi connectivity index (χ3n) is 4.81. The van der Waals surface area contributed by atoms with E-state index in [1.807, 2.05) is 24.3 Å². The molecule has 0 saturated carbocycles. The van der Waals surface area contributed by atoms with Crippen molar-refractivity contribution >= 4 is 0 Å². The third kappa shape index (κ3) is 4.41. The van der Waals surface area contributed by atoms with Crippen LogP contribution < -0.4 is 0 Å². The molecule has 0 unspecified atom stereocenters. The number of nitrogens with zero attached hydrogens (tertiary/aromatic N) is 1. The molecule has 0 amide bonds. The van der Waals surface area contributed by atoms with E-state index in [-0.39, 0.29) is 0 Å². The monoisotopic (exact) mass is 339 g/mol. The zero-order valence-electron chi connectivity index (χ0n) is 15.4. The molecule has 26 heavy (non-hydrogen) atoms. The van der Waals surface area contributed by atoms with Gasteiger partial charge in [-0.3, -0.25) is 0 Å². The second-order valence-corrected chi connectivity index (χ2v) is 6.75. The van der Waals surface area contributed by atoms with Crippen LogP contribution >= 0.6 is 0 Å². The molecular formula is C25H25N. The first-order valence-corrected chi connectivity index (χ1v) is 9.50. The Morgan fingerprint density at radius 2 is 1.46 bits per heavy atom. The lowest BCUT2D eigenvalue weighted by Gasteiger charge is -2.13. The molecule has 0 fully saturated rings. The lowest BCUT2D eigenvalue weighted by Crippen LogP contribution is -1.91. The molecule has 0 saturated heterocycles. The van der Waals surface area contributed by atoms with Crippen LogP contribution in [-0.2, 0) is 6.42 Å². The predicted octanol–water partition coefficient (Wildman–Crippen LogP) is 7.02. The lowest BCUT2D eigenvalue weighted by molar-refractivity contribution is 0.667. The summed E-state index contributed by atoms with van der Waals surface area (Å²) in [5.74, 6) is 0. The van der Waals surface area contributed by atoms with Crippen molar-refractivity contribution in [1.29, 1.82) is 5.26 Å². The molecule has 0 atom stereocenters. The molecule has 0 aliphatic heterocycles. The normalized spacial score (nSPS) is 10.5. The van der Waals surface area contributed by atoms with Gasteiger partial charge in [-0.05, 0) is 52.8 Å². The Bertz CT molecular complexity index is 870. The molecule has 0 N–H and O–H groups in total. The van der Waals surface area contributed by atoms with Crippen molar-refractivity contribution in [2.45, 2.75) is 39.0 Å². The summed E-state index contributed by atoms with van der Waals surface area (Å²) in [6, 6.07) is 27.5. The van der Waals surface area contributed by atoms with E-state index in [4.69, 9.17) is 5.26 Å². The van der Waals surface area contributed by atoms with Gasteiger partial charge < -0.3 is 0 Å². The number of rotatable bonds is 7. The summed E-state index contributed by atoms with van der Waals surface area (Å²) in [6.07, 6.45) is 6.27. The van der Waals surface area contributed by atoms with Crippen molar-refractivity contribution in [3.63, 3.8) is 0 Å². The zero-order valence-corrected chi connectivity index (χ0v) is 15.4. The quantitative estimate of drug-likeness (QED) is 0.424. The van der Waals surface area contributed by atoms with Crippen LogP contribution in [0.15, 0.2) is 72.8 Å². The second-order valence-electron chi connectivity index (χ2n) is 6.75. The van der Waals surface area contributed by atoms with Gasteiger partial charge >= 0.3 is 0 Å². The molecule has 0 bridgehead atoms. The summed E-state index contributed by atoms with van der Waals surface area (Å²) in [6.45, 7) is 2.25. The highest BCUT2D eigenvalue weighted by atomic mass is 14.2. The smallest absolute Gasteiger partial charge is 0.0991 e. The Hall–Kier alpha value is -2.85. The highest BCUT2D eigenvalue weighted by Crippen LogP contribution is 2.33. The van der Waals surface area contributed by atoms with E-state index < -0.39 is 0 Å². The van der Waals surface area contributed by atoms with E-state index in [0.29, 0.717) is 5.56 Å². The summed E-state index contributed by atoms with van der Waals surface area (Å²) in [5, 5.41) is 9.04. The van der Waals surface area contributed by atoms with Crippen LogP contribution in [0.5, 0.6) is 0 Å². The van der Waals surface area contributed by atoms with Gasteiger partial charge in [0.05, 0.1) is 11.6 Å². The van der Waals surface area contributed by atoms with E-state index in [9.17, 15) is 0 Å². The second kappa shape index (κ2) is 9.02. The van der Waals surface area contributed by atoms with Crippen LogP contribution in [0.2, 0.25) is 0 Å². The molecule has 130 valence electrons. The van der Waals surface area contributed by atoms with Crippen LogP contribution in [0.1, 0.15) is 43.7 Å². The van der Waals surface area contributed by atoms with Crippen molar-refractivity contribution in [2.24, 2.45) is 0 Å². The largest absolute Gasteiger partial charge is 0.192 e. The Balaban J connectivity index is 1.96. The fraction of sp³-hybridized carbons (Fsp3) is 0.240. The number of benzene rings is 3. The molecule has 0 aromatic heterocycles. The minimum Gasteiger partial charge on any atom is -0.192 e. The van der Waals surface area contributed by atoms with Gasteiger partial charge in [-0.1, -0.05) is 86.8 Å². The minimum absolute atomic E-state index is 0.697. The Morgan fingerprint density at radius 1 is 0.731 bits per heavy atom. The van der Waals surface area contributed by atoms with Gasteiger partial charge in [-0.15, -0.1) is 0 Å². The maximum absolute atomic E-state index is 9.04. The first-order valence-electron chi connectivity index (χ1n) is 9.50. The summed E-state index contributed by atoms with van der Waals surface area (Å²) in [5.41, 5.74) is 6.98. The van der Waals surface area contributed by atoms with E-state index in [1.54, 1.807) is 0 Å². The van der Waals surface area contributed by atoms with Crippen molar-refractivity contribution in [3.8, 4) is 28.3 Å². The Morgan fingerprint density at radius 3 is 2.15 bits per heavy atom. The number of hydrogen-bond acceptors (Lipinski definition) is 1. The third-order valence-corrected chi connectivity index (χ3v) is 4.81. The van der Waals surface area contributed by atoms with Gasteiger partial charge in [0.15, 0.2) is 0 Å². The molecular weight excluding hydrogens is 314 g/mol. The summed E-state index contributed by atoms with van der Waals surface area (Å²) in [4.78, 5) is 0. The molecule has 3 aromatic rings. The maximum Gasteiger partial charge on any atom is 0.0991 e. The van der Waals surface area contributed by atoms with Crippen molar-refractivity contribution < 1.29 is 0 Å². The lowest BCUT2D eigenvalue weighted by atomic mass is 9.91. The molecule has 0 heterocycles. The topological polar surface area (TPSA) is 23.8 Å². The summed E-state index contributed by atoms with van der Waals surface area (Å²) >= 11 is 0. The van der Waals surface area contributed by atoms with Gasteiger partial charge in [0, 0.05) is 0 Å². The molecule has 1 heteroatoms. The highest BCUT2D eigenvalue weighted by Gasteiger charge is 2.09. The van der Waals surface area contributed by atoms with Gasteiger partial charge in [0.25, 0.3) is 0 Å². The fourth-order valence-corrected chi connectivity index (χ4v) is 3.34. The molecule has 0 radical (unpaired) electrons. The summed E-state index contributed by atoms with van der Waals surface area (Å²) in [7, 11) is 0. The van der Waals surface area contributed by atoms with Gasteiger partial charge in [-0.25, -0.2) is 0 Å². The van der Waals surface area contributed by atoms with Crippen molar-refractivity contribution in [3.05, 3.63) is 83.9 Å². The molecule has 3 rings (SSSR count). The number of aryl methyl sites for hydroxylation is 1. The van der Waals surface area contributed by atoms with Crippen molar-refractivity contribution in [2.75, 3.05) is 0 Å². The van der Waals surface area contributed by atoms with E-state index in [1.165, 1.54) is 47.9 Å².